The normalized spacial score (nSPS) is 10.5. The quantitative estimate of drug-likeness (QED) is 0.720. The van der Waals surface area contributed by atoms with Crippen LogP contribution >= 0.6 is 11.3 Å². The molecule has 0 bridgehead atoms. The van der Waals surface area contributed by atoms with Gasteiger partial charge < -0.3 is 11.1 Å². The van der Waals surface area contributed by atoms with E-state index in [4.69, 9.17) is 5.73 Å². The minimum Gasteiger partial charge on any atom is -0.399 e. The number of aromatic nitrogens is 3. The maximum absolute atomic E-state index is 12.0. The molecule has 1 aromatic carbocycles. The fourth-order valence-electron chi connectivity index (χ4n) is 1.84. The molecule has 0 aliphatic carbocycles. The number of carbonyl (C=O) groups excluding carboxylic acids is 1. The molecule has 0 saturated heterocycles. The summed E-state index contributed by atoms with van der Waals surface area (Å²) in [5, 5.41) is 9.77. The van der Waals surface area contributed by atoms with E-state index in [0.29, 0.717) is 17.9 Å². The molecule has 0 unspecified atom stereocenters. The summed E-state index contributed by atoms with van der Waals surface area (Å²) < 4.78 is 1.62. The highest BCUT2D eigenvalue weighted by atomic mass is 32.1. The van der Waals surface area contributed by atoms with E-state index < -0.39 is 0 Å². The maximum atomic E-state index is 12.0. The van der Waals surface area contributed by atoms with Crippen LogP contribution in [0.4, 0.5) is 5.69 Å². The van der Waals surface area contributed by atoms with Gasteiger partial charge in [0.05, 0.1) is 12.2 Å². The van der Waals surface area contributed by atoms with E-state index in [9.17, 15) is 4.79 Å². The Balaban J connectivity index is 1.71. The summed E-state index contributed by atoms with van der Waals surface area (Å²) in [6, 6.07) is 8.98. The van der Waals surface area contributed by atoms with Crippen LogP contribution in [0.1, 0.15) is 15.5 Å². The predicted octanol–water partition coefficient (Wildman–Crippen LogP) is 1.84. The first-order valence-corrected chi connectivity index (χ1v) is 7.18. The van der Waals surface area contributed by atoms with Crippen LogP contribution in [0.3, 0.4) is 0 Å². The summed E-state index contributed by atoms with van der Waals surface area (Å²) in [6.07, 6.45) is 3.44. The Labute approximate surface area is 125 Å². The first kappa shape index (κ1) is 13.3. The van der Waals surface area contributed by atoms with Gasteiger partial charge in [0.25, 0.3) is 5.91 Å². The van der Waals surface area contributed by atoms with Crippen molar-refractivity contribution in [1.82, 2.24) is 20.1 Å². The van der Waals surface area contributed by atoms with Gasteiger partial charge in [-0.05, 0) is 24.3 Å². The van der Waals surface area contributed by atoms with E-state index in [1.54, 1.807) is 35.3 Å². The third-order valence-electron chi connectivity index (χ3n) is 2.84. The largest absolute Gasteiger partial charge is 0.399 e. The molecular weight excluding hydrogens is 286 g/mol. The number of anilines is 1. The smallest absolute Gasteiger partial charge is 0.272 e. The standard InChI is InChI=1S/C14H13N5OS/c15-10-2-1-3-11(8-10)19-6-4-12(18-19)14(20)17-9-13-16-5-7-21-13/h1-8H,9,15H2,(H,17,20). The highest BCUT2D eigenvalue weighted by molar-refractivity contribution is 7.09. The Morgan fingerprint density at radius 2 is 2.29 bits per heavy atom. The Hall–Kier alpha value is -2.67. The van der Waals surface area contributed by atoms with Crippen molar-refractivity contribution in [3.05, 3.63) is 58.8 Å². The Morgan fingerprint density at radius 3 is 3.05 bits per heavy atom. The SMILES string of the molecule is Nc1cccc(-n2ccc(C(=O)NCc3nccs3)n2)c1. The summed E-state index contributed by atoms with van der Waals surface area (Å²) in [5.74, 6) is -0.229. The molecule has 0 spiro atoms. The molecule has 7 heteroatoms. The highest BCUT2D eigenvalue weighted by Gasteiger charge is 2.10. The van der Waals surface area contributed by atoms with Crippen LogP contribution < -0.4 is 11.1 Å². The van der Waals surface area contributed by atoms with Gasteiger partial charge >= 0.3 is 0 Å². The molecule has 0 saturated carbocycles. The number of amides is 1. The molecular formula is C14H13N5OS. The molecule has 2 aromatic heterocycles. The van der Waals surface area contributed by atoms with E-state index in [1.807, 2.05) is 17.5 Å². The van der Waals surface area contributed by atoms with Crippen molar-refractivity contribution < 1.29 is 4.79 Å². The van der Waals surface area contributed by atoms with Crippen LogP contribution in [-0.2, 0) is 6.54 Å². The molecule has 21 heavy (non-hydrogen) atoms. The van der Waals surface area contributed by atoms with Crippen LogP contribution in [0.15, 0.2) is 48.1 Å². The van der Waals surface area contributed by atoms with Crippen molar-refractivity contribution in [3.8, 4) is 5.69 Å². The van der Waals surface area contributed by atoms with Crippen molar-refractivity contribution in [1.29, 1.82) is 0 Å². The summed E-state index contributed by atoms with van der Waals surface area (Å²) in [5.41, 5.74) is 7.56. The first-order valence-electron chi connectivity index (χ1n) is 6.30. The molecule has 106 valence electrons. The fraction of sp³-hybridized carbons (Fsp3) is 0.0714. The number of rotatable bonds is 4. The predicted molar refractivity (Wildman–Crippen MR) is 81.3 cm³/mol. The van der Waals surface area contributed by atoms with E-state index in [2.05, 4.69) is 15.4 Å². The number of hydrogen-bond donors (Lipinski definition) is 2. The molecule has 3 rings (SSSR count). The van der Waals surface area contributed by atoms with Gasteiger partial charge in [-0.15, -0.1) is 11.3 Å². The number of carbonyl (C=O) groups is 1. The Morgan fingerprint density at radius 1 is 1.38 bits per heavy atom. The summed E-state index contributed by atoms with van der Waals surface area (Å²) in [7, 11) is 0. The lowest BCUT2D eigenvalue weighted by molar-refractivity contribution is 0.0945. The number of nitrogens with two attached hydrogens (primary N) is 1. The zero-order valence-corrected chi connectivity index (χ0v) is 11.9. The van der Waals surface area contributed by atoms with Gasteiger partial charge in [-0.25, -0.2) is 9.67 Å². The van der Waals surface area contributed by atoms with Crippen LogP contribution in [0.25, 0.3) is 5.69 Å². The lowest BCUT2D eigenvalue weighted by Gasteiger charge is -2.02. The number of hydrogen-bond acceptors (Lipinski definition) is 5. The second-order valence-electron chi connectivity index (χ2n) is 4.35. The molecule has 3 aromatic rings. The van der Waals surface area contributed by atoms with Gasteiger partial charge in [0.2, 0.25) is 0 Å². The number of nitrogens with zero attached hydrogens (tertiary/aromatic N) is 3. The van der Waals surface area contributed by atoms with Gasteiger partial charge in [0, 0.05) is 23.5 Å². The third kappa shape index (κ3) is 3.09. The zero-order chi connectivity index (χ0) is 14.7. The number of benzene rings is 1. The fourth-order valence-corrected chi connectivity index (χ4v) is 2.40. The monoisotopic (exact) mass is 299 g/mol. The van der Waals surface area contributed by atoms with Crippen LogP contribution in [-0.4, -0.2) is 20.7 Å². The maximum Gasteiger partial charge on any atom is 0.272 e. The molecule has 0 radical (unpaired) electrons. The van der Waals surface area contributed by atoms with Gasteiger partial charge in [0.15, 0.2) is 5.69 Å². The Bertz CT molecular complexity index is 750. The van der Waals surface area contributed by atoms with Gasteiger partial charge in [-0.3, -0.25) is 4.79 Å². The van der Waals surface area contributed by atoms with Crippen molar-refractivity contribution in [2.24, 2.45) is 0 Å². The van der Waals surface area contributed by atoms with Crippen molar-refractivity contribution >= 4 is 22.9 Å². The second-order valence-corrected chi connectivity index (χ2v) is 5.33. The molecule has 0 fully saturated rings. The number of nitrogens with one attached hydrogen (secondary N) is 1. The second kappa shape index (κ2) is 5.76. The highest BCUT2D eigenvalue weighted by Crippen LogP contribution is 2.11. The van der Waals surface area contributed by atoms with Crippen molar-refractivity contribution in [2.75, 3.05) is 5.73 Å². The lowest BCUT2D eigenvalue weighted by atomic mass is 10.3. The molecule has 0 atom stereocenters. The topological polar surface area (TPSA) is 85.8 Å². The molecule has 0 aliphatic rings. The minimum absolute atomic E-state index is 0.229. The molecule has 1 amide bonds. The van der Waals surface area contributed by atoms with Crippen LogP contribution in [0, 0.1) is 0 Å². The first-order chi connectivity index (χ1) is 10.2. The van der Waals surface area contributed by atoms with Crippen LogP contribution in [0.5, 0.6) is 0 Å². The summed E-state index contributed by atoms with van der Waals surface area (Å²) in [4.78, 5) is 16.1. The Kier molecular flexibility index (Phi) is 3.65. The van der Waals surface area contributed by atoms with Gasteiger partial charge in [-0.2, -0.15) is 5.10 Å². The van der Waals surface area contributed by atoms with Crippen molar-refractivity contribution in [3.63, 3.8) is 0 Å². The molecule has 6 nitrogen and oxygen atoms in total. The number of thiazole rings is 1. The van der Waals surface area contributed by atoms with Gasteiger partial charge in [0.1, 0.15) is 5.01 Å². The van der Waals surface area contributed by atoms with E-state index in [1.165, 1.54) is 11.3 Å². The molecule has 2 heterocycles. The third-order valence-corrected chi connectivity index (χ3v) is 3.62. The van der Waals surface area contributed by atoms with E-state index >= 15 is 0 Å². The van der Waals surface area contributed by atoms with Gasteiger partial charge in [-0.1, -0.05) is 6.07 Å². The summed E-state index contributed by atoms with van der Waals surface area (Å²) in [6.45, 7) is 0.404. The number of nitrogen functional groups attached to an aromatic ring is 1. The summed E-state index contributed by atoms with van der Waals surface area (Å²) >= 11 is 1.50. The van der Waals surface area contributed by atoms with E-state index in [-0.39, 0.29) is 5.91 Å². The average Bonchev–Trinajstić information content (AvgIpc) is 3.16. The zero-order valence-electron chi connectivity index (χ0n) is 11.1. The minimum atomic E-state index is -0.229. The average molecular weight is 299 g/mol. The molecule has 3 N–H and O–H groups in total. The van der Waals surface area contributed by atoms with Crippen LogP contribution in [0.2, 0.25) is 0 Å². The van der Waals surface area contributed by atoms with Crippen molar-refractivity contribution in [2.45, 2.75) is 6.54 Å². The lowest BCUT2D eigenvalue weighted by Crippen LogP contribution is -2.23. The molecule has 0 aliphatic heterocycles. The van der Waals surface area contributed by atoms with E-state index in [0.717, 1.165) is 10.7 Å².